The minimum Gasteiger partial charge on any atom is -0.456 e. The first-order chi connectivity index (χ1) is 9.22. The van der Waals surface area contributed by atoms with Gasteiger partial charge in [0.25, 0.3) is 0 Å². The first kappa shape index (κ1) is 11.7. The van der Waals surface area contributed by atoms with Crippen molar-refractivity contribution in [3.05, 3.63) is 72.0 Å². The second-order valence-electron chi connectivity index (χ2n) is 4.54. The highest BCUT2D eigenvalue weighted by Gasteiger charge is 2.06. The standard InChI is InChI=1S/C17H13FO/c1-12-2-4-13(5-3-12)16-10-11-17(19-16)14-6-8-15(18)9-7-14/h2-11H,1H3. The molecule has 0 N–H and O–H groups in total. The summed E-state index contributed by atoms with van der Waals surface area (Å²) in [5.74, 6) is 1.32. The van der Waals surface area contributed by atoms with Gasteiger partial charge in [-0.3, -0.25) is 0 Å². The molecule has 1 nitrogen and oxygen atoms in total. The van der Waals surface area contributed by atoms with Gasteiger partial charge in [0, 0.05) is 11.1 Å². The van der Waals surface area contributed by atoms with Crippen LogP contribution in [0, 0.1) is 12.7 Å². The minimum absolute atomic E-state index is 0.242. The molecule has 2 heteroatoms. The van der Waals surface area contributed by atoms with Gasteiger partial charge in [-0.2, -0.15) is 0 Å². The summed E-state index contributed by atoms with van der Waals surface area (Å²) in [7, 11) is 0. The maximum atomic E-state index is 12.9. The molecule has 1 aromatic heterocycles. The predicted molar refractivity (Wildman–Crippen MR) is 74.3 cm³/mol. The number of aryl methyl sites for hydroxylation is 1. The van der Waals surface area contributed by atoms with E-state index in [9.17, 15) is 4.39 Å². The van der Waals surface area contributed by atoms with E-state index in [1.54, 1.807) is 12.1 Å². The number of hydrogen-bond donors (Lipinski definition) is 0. The molecule has 0 bridgehead atoms. The highest BCUT2D eigenvalue weighted by atomic mass is 19.1. The van der Waals surface area contributed by atoms with Crippen LogP contribution >= 0.6 is 0 Å². The third-order valence-corrected chi connectivity index (χ3v) is 3.07. The zero-order valence-corrected chi connectivity index (χ0v) is 10.6. The van der Waals surface area contributed by atoms with Crippen molar-refractivity contribution in [2.75, 3.05) is 0 Å². The first-order valence-corrected chi connectivity index (χ1v) is 6.15. The number of hydrogen-bond acceptors (Lipinski definition) is 1. The molecule has 0 aliphatic heterocycles. The summed E-state index contributed by atoms with van der Waals surface area (Å²) in [4.78, 5) is 0. The third kappa shape index (κ3) is 2.43. The van der Waals surface area contributed by atoms with Gasteiger partial charge in [0.1, 0.15) is 17.3 Å². The van der Waals surface area contributed by atoms with Gasteiger partial charge in [-0.15, -0.1) is 0 Å². The predicted octanol–water partition coefficient (Wildman–Crippen LogP) is 5.06. The highest BCUT2D eigenvalue weighted by molar-refractivity contribution is 5.64. The molecule has 0 saturated heterocycles. The quantitative estimate of drug-likeness (QED) is 0.621. The summed E-state index contributed by atoms with van der Waals surface area (Å²) in [6, 6.07) is 18.3. The lowest BCUT2D eigenvalue weighted by Crippen LogP contribution is -1.76. The number of benzene rings is 2. The fourth-order valence-electron chi connectivity index (χ4n) is 1.98. The molecule has 0 aliphatic carbocycles. The molecular weight excluding hydrogens is 239 g/mol. The molecule has 94 valence electrons. The van der Waals surface area contributed by atoms with Gasteiger partial charge in [0.05, 0.1) is 0 Å². The van der Waals surface area contributed by atoms with Gasteiger partial charge in [0.15, 0.2) is 0 Å². The largest absolute Gasteiger partial charge is 0.456 e. The fourth-order valence-corrected chi connectivity index (χ4v) is 1.98. The summed E-state index contributed by atoms with van der Waals surface area (Å²) in [6.45, 7) is 2.05. The Hall–Kier alpha value is -2.35. The van der Waals surface area contributed by atoms with Crippen molar-refractivity contribution >= 4 is 0 Å². The Labute approximate surface area is 111 Å². The molecule has 1 heterocycles. The van der Waals surface area contributed by atoms with Crippen LogP contribution < -0.4 is 0 Å². The van der Waals surface area contributed by atoms with Gasteiger partial charge in [-0.1, -0.05) is 29.8 Å². The third-order valence-electron chi connectivity index (χ3n) is 3.07. The summed E-state index contributed by atoms with van der Waals surface area (Å²) in [5, 5.41) is 0. The zero-order chi connectivity index (χ0) is 13.2. The molecule has 0 unspecified atom stereocenters. The number of halogens is 1. The van der Waals surface area contributed by atoms with Gasteiger partial charge in [0.2, 0.25) is 0 Å². The van der Waals surface area contributed by atoms with Crippen molar-refractivity contribution in [2.24, 2.45) is 0 Å². The molecule has 19 heavy (non-hydrogen) atoms. The minimum atomic E-state index is -0.242. The molecule has 0 spiro atoms. The van der Waals surface area contributed by atoms with Crippen LogP contribution in [0.2, 0.25) is 0 Å². The molecule has 3 rings (SSSR count). The molecule has 0 atom stereocenters. The zero-order valence-electron chi connectivity index (χ0n) is 10.6. The van der Waals surface area contributed by atoms with E-state index in [-0.39, 0.29) is 5.82 Å². The lowest BCUT2D eigenvalue weighted by atomic mass is 10.1. The van der Waals surface area contributed by atoms with E-state index in [0.717, 1.165) is 22.6 Å². The van der Waals surface area contributed by atoms with Crippen LogP contribution in [-0.4, -0.2) is 0 Å². The smallest absolute Gasteiger partial charge is 0.134 e. The molecule has 0 fully saturated rings. The van der Waals surface area contributed by atoms with Crippen LogP contribution in [-0.2, 0) is 0 Å². The fraction of sp³-hybridized carbons (Fsp3) is 0.0588. The second-order valence-corrected chi connectivity index (χ2v) is 4.54. The van der Waals surface area contributed by atoms with Gasteiger partial charge in [-0.05, 0) is 43.3 Å². The monoisotopic (exact) mass is 252 g/mol. The van der Waals surface area contributed by atoms with Crippen molar-refractivity contribution < 1.29 is 8.81 Å². The Morgan fingerprint density at radius 3 is 1.68 bits per heavy atom. The van der Waals surface area contributed by atoms with Crippen LogP contribution in [0.3, 0.4) is 0 Å². The summed E-state index contributed by atoms with van der Waals surface area (Å²) in [6.07, 6.45) is 0. The molecule has 2 aromatic carbocycles. The molecule has 0 amide bonds. The van der Waals surface area contributed by atoms with E-state index in [4.69, 9.17) is 4.42 Å². The molecule has 3 aromatic rings. The van der Waals surface area contributed by atoms with Gasteiger partial charge >= 0.3 is 0 Å². The first-order valence-electron chi connectivity index (χ1n) is 6.15. The maximum Gasteiger partial charge on any atom is 0.134 e. The Balaban J connectivity index is 1.95. The normalized spacial score (nSPS) is 10.6. The lowest BCUT2D eigenvalue weighted by Gasteiger charge is -1.99. The summed E-state index contributed by atoms with van der Waals surface area (Å²) < 4.78 is 18.7. The van der Waals surface area contributed by atoms with Crippen LogP contribution in [0.5, 0.6) is 0 Å². The summed E-state index contributed by atoms with van der Waals surface area (Å²) >= 11 is 0. The highest BCUT2D eigenvalue weighted by Crippen LogP contribution is 2.28. The van der Waals surface area contributed by atoms with Crippen molar-refractivity contribution in [3.8, 4) is 22.6 Å². The van der Waals surface area contributed by atoms with Crippen LogP contribution in [0.4, 0.5) is 4.39 Å². The Kier molecular flexibility index (Phi) is 2.92. The van der Waals surface area contributed by atoms with E-state index in [1.807, 2.05) is 24.3 Å². The topological polar surface area (TPSA) is 13.1 Å². The number of rotatable bonds is 2. The Morgan fingerprint density at radius 1 is 0.684 bits per heavy atom. The lowest BCUT2D eigenvalue weighted by molar-refractivity contribution is 0.596. The second kappa shape index (κ2) is 4.73. The van der Waals surface area contributed by atoms with Crippen molar-refractivity contribution in [2.45, 2.75) is 6.92 Å². The average molecular weight is 252 g/mol. The van der Waals surface area contributed by atoms with E-state index in [1.165, 1.54) is 17.7 Å². The van der Waals surface area contributed by atoms with Crippen molar-refractivity contribution in [1.82, 2.24) is 0 Å². The molecule has 0 saturated carbocycles. The van der Waals surface area contributed by atoms with Gasteiger partial charge < -0.3 is 4.42 Å². The van der Waals surface area contributed by atoms with Crippen LogP contribution in [0.25, 0.3) is 22.6 Å². The van der Waals surface area contributed by atoms with Gasteiger partial charge in [-0.25, -0.2) is 4.39 Å². The van der Waals surface area contributed by atoms with Crippen LogP contribution in [0.15, 0.2) is 65.1 Å². The van der Waals surface area contributed by atoms with E-state index < -0.39 is 0 Å². The average Bonchev–Trinajstić information content (AvgIpc) is 2.90. The van der Waals surface area contributed by atoms with Crippen molar-refractivity contribution in [1.29, 1.82) is 0 Å². The SMILES string of the molecule is Cc1ccc(-c2ccc(-c3ccc(F)cc3)o2)cc1. The van der Waals surface area contributed by atoms with E-state index in [0.29, 0.717) is 0 Å². The maximum absolute atomic E-state index is 12.9. The van der Waals surface area contributed by atoms with Crippen molar-refractivity contribution in [3.63, 3.8) is 0 Å². The van der Waals surface area contributed by atoms with Crippen LogP contribution in [0.1, 0.15) is 5.56 Å². The number of furan rings is 1. The molecule has 0 aliphatic rings. The van der Waals surface area contributed by atoms with E-state index in [2.05, 4.69) is 19.1 Å². The Morgan fingerprint density at radius 2 is 1.16 bits per heavy atom. The molecule has 0 radical (unpaired) electrons. The Bertz CT molecular complexity index is 618. The van der Waals surface area contributed by atoms with E-state index >= 15 is 0 Å². The molecular formula is C17H13FO. The summed E-state index contributed by atoms with van der Waals surface area (Å²) in [5.41, 5.74) is 3.13.